The van der Waals surface area contributed by atoms with Crippen LogP contribution in [-0.4, -0.2) is 34.1 Å². The average Bonchev–Trinajstić information content (AvgIpc) is 2.94. The topological polar surface area (TPSA) is 60.7 Å². The second kappa shape index (κ2) is 13.2. The maximum Gasteiger partial charge on any atom is 0.0809 e. The van der Waals surface area contributed by atoms with Gasteiger partial charge in [-0.1, -0.05) is 43.7 Å². The van der Waals surface area contributed by atoms with Crippen molar-refractivity contribution in [3.05, 3.63) is 35.5 Å². The summed E-state index contributed by atoms with van der Waals surface area (Å²) in [6.45, 7) is 8.69. The zero-order valence-electron chi connectivity index (χ0n) is 17.5. The minimum atomic E-state index is -0.619. The van der Waals surface area contributed by atoms with Crippen molar-refractivity contribution in [2.24, 2.45) is 23.2 Å². The van der Waals surface area contributed by atoms with Crippen LogP contribution in [0.5, 0.6) is 0 Å². The number of rotatable bonds is 3. The molecule has 6 heteroatoms. The Morgan fingerprint density at radius 2 is 1.71 bits per heavy atom. The Kier molecular flexibility index (Phi) is 14.3. The third-order valence-corrected chi connectivity index (χ3v) is 7.31. The van der Waals surface area contributed by atoms with Gasteiger partial charge in [-0.2, -0.15) is 0 Å². The van der Waals surface area contributed by atoms with E-state index in [1.165, 1.54) is 31.3 Å². The van der Waals surface area contributed by atoms with Gasteiger partial charge in [0, 0.05) is 105 Å². The Hall–Kier alpha value is 2.41. The van der Waals surface area contributed by atoms with Crippen molar-refractivity contribution in [3.63, 3.8) is 0 Å². The van der Waals surface area contributed by atoms with Crippen molar-refractivity contribution in [2.45, 2.75) is 71.0 Å². The van der Waals surface area contributed by atoms with E-state index in [-0.39, 0.29) is 105 Å². The monoisotopic (exact) mass is 613 g/mol. The maximum absolute atomic E-state index is 10.0. The molecule has 0 aromatic heterocycles. The van der Waals surface area contributed by atoms with Gasteiger partial charge >= 0.3 is 0 Å². The third kappa shape index (κ3) is 6.48. The number of aliphatic hydroxyl groups is 3. The van der Waals surface area contributed by atoms with E-state index in [9.17, 15) is 15.3 Å². The minimum Gasteiger partial charge on any atom is -0.396 e. The summed E-state index contributed by atoms with van der Waals surface area (Å²) in [5, 5.41) is 29.7. The number of fused-ring (bicyclic) bond motifs is 1. The van der Waals surface area contributed by atoms with Crippen LogP contribution in [0.2, 0.25) is 0 Å². The van der Waals surface area contributed by atoms with Crippen LogP contribution < -0.4 is 0 Å². The molecule has 3 unspecified atom stereocenters. The Labute approximate surface area is 246 Å². The van der Waals surface area contributed by atoms with Crippen LogP contribution in [0.1, 0.15) is 58.8 Å². The predicted octanol–water partition coefficient (Wildman–Crippen LogP) is 3.75. The summed E-state index contributed by atoms with van der Waals surface area (Å²) >= 11 is 0. The third-order valence-electron chi connectivity index (χ3n) is 7.31. The van der Waals surface area contributed by atoms with Crippen LogP contribution in [0, 0.1) is 23.2 Å². The molecule has 0 heterocycles. The molecule has 3 nitrogen and oxygen atoms in total. The molecule has 3 aliphatic rings. The van der Waals surface area contributed by atoms with Gasteiger partial charge in [0.1, 0.15) is 0 Å². The van der Waals surface area contributed by atoms with Gasteiger partial charge in [0.2, 0.25) is 0 Å². The molecule has 0 aliphatic heterocycles. The van der Waals surface area contributed by atoms with Crippen molar-refractivity contribution in [1.82, 2.24) is 0 Å². The molecule has 3 saturated carbocycles. The smallest absolute Gasteiger partial charge is 0.0809 e. The van der Waals surface area contributed by atoms with Crippen LogP contribution in [0.3, 0.4) is 0 Å². The standard InChI is InChI=1S/C22H34O3.3Y/c1-14(13-23)18-8-9-19-17(5-4-10-22(18,19)3)7-6-16-11-20(24)15(2)21(25)12-16;;;/h6-7,14,18-21,23-25H,2,4-5,8-13H2,1,3H3;;;/b17-7+;;;/t14?,18?,19?,20-,21-,22-;;;/m1.../s1. The molecule has 3 N–H and O–H groups in total. The number of allylic oxidation sites excluding steroid dienone is 3. The first kappa shape index (κ1) is 30.4. The van der Waals surface area contributed by atoms with Crippen LogP contribution >= 0.6 is 0 Å². The fraction of sp³-hybridized carbons (Fsp3) is 0.727. The summed E-state index contributed by atoms with van der Waals surface area (Å²) in [6.07, 6.45) is 10.4. The molecule has 149 valence electrons. The predicted molar refractivity (Wildman–Crippen MR) is 101 cm³/mol. The van der Waals surface area contributed by atoms with E-state index in [0.29, 0.717) is 41.6 Å². The SMILES string of the molecule is C=C1[C@H](O)CC(=C/C=C2\CCC[C@@]3(C)C2CCC3C(C)CO)C[C@H]1O.[Y].[Y].[Y]. The van der Waals surface area contributed by atoms with Gasteiger partial charge in [-0.15, -0.1) is 0 Å². The zero-order chi connectivity index (χ0) is 18.2. The van der Waals surface area contributed by atoms with Crippen LogP contribution in [0.4, 0.5) is 0 Å². The Morgan fingerprint density at radius 3 is 2.29 bits per heavy atom. The molecule has 0 bridgehead atoms. The van der Waals surface area contributed by atoms with Crippen molar-refractivity contribution < 1.29 is 113 Å². The van der Waals surface area contributed by atoms with E-state index in [0.717, 1.165) is 12.0 Å². The van der Waals surface area contributed by atoms with Crippen molar-refractivity contribution in [2.75, 3.05) is 6.61 Å². The first-order chi connectivity index (χ1) is 11.9. The molecule has 0 aromatic carbocycles. The first-order valence-corrected chi connectivity index (χ1v) is 9.91. The largest absolute Gasteiger partial charge is 0.396 e. The molecular weight excluding hydrogens is 579 g/mol. The summed E-state index contributed by atoms with van der Waals surface area (Å²) in [6, 6.07) is 0. The van der Waals surface area contributed by atoms with Crippen LogP contribution in [-0.2, 0) is 98.1 Å². The second-order valence-corrected chi connectivity index (χ2v) is 8.84. The van der Waals surface area contributed by atoms with Crippen LogP contribution in [0.25, 0.3) is 0 Å². The zero-order valence-corrected chi connectivity index (χ0v) is 26.0. The van der Waals surface area contributed by atoms with Crippen molar-refractivity contribution >= 4 is 0 Å². The minimum absolute atomic E-state index is 0. The van der Waals surface area contributed by atoms with Gasteiger partial charge in [-0.3, -0.25) is 0 Å². The summed E-state index contributed by atoms with van der Waals surface area (Å²) < 4.78 is 0. The Bertz CT molecular complexity index is 574. The van der Waals surface area contributed by atoms with Gasteiger partial charge in [-0.25, -0.2) is 0 Å². The van der Waals surface area contributed by atoms with E-state index in [1.54, 1.807) is 0 Å². The van der Waals surface area contributed by atoms with Crippen molar-refractivity contribution in [1.29, 1.82) is 0 Å². The summed E-state index contributed by atoms with van der Waals surface area (Å²) in [4.78, 5) is 0. The molecule has 3 aliphatic carbocycles. The van der Waals surface area contributed by atoms with Crippen LogP contribution in [0.15, 0.2) is 35.5 Å². The molecule has 6 atom stereocenters. The van der Waals surface area contributed by atoms with E-state index in [4.69, 9.17) is 0 Å². The fourth-order valence-electron chi connectivity index (χ4n) is 5.77. The van der Waals surface area contributed by atoms with Gasteiger partial charge < -0.3 is 15.3 Å². The Morgan fingerprint density at radius 1 is 1.11 bits per heavy atom. The summed E-state index contributed by atoms with van der Waals surface area (Å²) in [5.74, 6) is 1.60. The fourth-order valence-corrected chi connectivity index (χ4v) is 5.77. The van der Waals surface area contributed by atoms with Gasteiger partial charge in [0.25, 0.3) is 0 Å². The van der Waals surface area contributed by atoms with Crippen molar-refractivity contribution in [3.8, 4) is 0 Å². The molecular formula is C22H34O3Y3. The molecule has 0 spiro atoms. The molecule has 3 rings (SSSR count). The molecule has 0 aromatic rings. The maximum atomic E-state index is 10.0. The first-order valence-electron chi connectivity index (χ1n) is 9.91. The second-order valence-electron chi connectivity index (χ2n) is 8.84. The number of hydrogen-bond donors (Lipinski definition) is 3. The molecule has 3 radical (unpaired) electrons. The Balaban J connectivity index is 0.00000243. The molecule has 0 amide bonds. The molecule has 28 heavy (non-hydrogen) atoms. The van der Waals surface area contributed by atoms with Gasteiger partial charge in [-0.05, 0) is 73.7 Å². The quantitative estimate of drug-likeness (QED) is 0.426. The van der Waals surface area contributed by atoms with E-state index in [1.807, 2.05) is 0 Å². The number of aliphatic hydroxyl groups excluding tert-OH is 3. The normalized spacial score (nSPS) is 37.2. The van der Waals surface area contributed by atoms with E-state index >= 15 is 0 Å². The van der Waals surface area contributed by atoms with E-state index in [2.05, 4.69) is 32.6 Å². The van der Waals surface area contributed by atoms with Gasteiger partial charge in [0.05, 0.1) is 12.2 Å². The van der Waals surface area contributed by atoms with Gasteiger partial charge in [0.15, 0.2) is 0 Å². The summed E-state index contributed by atoms with van der Waals surface area (Å²) in [5.41, 5.74) is 3.50. The van der Waals surface area contributed by atoms with E-state index < -0.39 is 12.2 Å². The summed E-state index contributed by atoms with van der Waals surface area (Å²) in [7, 11) is 0. The average molecular weight is 613 g/mol. The molecule has 3 fully saturated rings. The number of hydrogen-bond acceptors (Lipinski definition) is 3. The molecule has 0 saturated heterocycles.